The average Bonchev–Trinajstić information content (AvgIpc) is 2.72. The Bertz CT molecular complexity index is 603. The smallest absolute Gasteiger partial charge is 0.226 e. The fraction of sp³-hybridized carbons (Fsp3) is 0.250. The Labute approximate surface area is 114 Å². The number of carbonyl (C=O) groups is 1. The molecular formula is C12H13N3OS2. The molecule has 0 radical (unpaired) electrons. The topological polar surface area (TPSA) is 57.8 Å². The van der Waals surface area contributed by atoms with Gasteiger partial charge in [0.05, 0.1) is 0 Å². The quantitative estimate of drug-likeness (QED) is 0.846. The van der Waals surface area contributed by atoms with Crippen molar-refractivity contribution in [3.63, 3.8) is 0 Å². The highest BCUT2D eigenvalue weighted by atomic mass is 32.1. The van der Waals surface area contributed by atoms with Gasteiger partial charge >= 0.3 is 0 Å². The third-order valence-corrected chi connectivity index (χ3v) is 3.41. The number of nitrogens with zero attached hydrogens (tertiary/aromatic N) is 1. The van der Waals surface area contributed by atoms with E-state index in [1.807, 2.05) is 25.1 Å². The van der Waals surface area contributed by atoms with Crippen LogP contribution in [-0.2, 0) is 11.2 Å². The van der Waals surface area contributed by atoms with Crippen LogP contribution in [0.2, 0.25) is 0 Å². The zero-order valence-electron chi connectivity index (χ0n) is 9.90. The lowest BCUT2D eigenvalue weighted by Gasteiger charge is -2.02. The maximum atomic E-state index is 11.7. The highest BCUT2D eigenvalue weighted by molar-refractivity contribution is 7.73. The van der Waals surface area contributed by atoms with Gasteiger partial charge in [-0.15, -0.1) is 5.10 Å². The van der Waals surface area contributed by atoms with Crippen molar-refractivity contribution < 1.29 is 4.79 Å². The van der Waals surface area contributed by atoms with E-state index in [0.717, 1.165) is 6.42 Å². The highest BCUT2D eigenvalue weighted by Gasteiger charge is 2.05. The molecular weight excluding hydrogens is 266 g/mol. The monoisotopic (exact) mass is 279 g/mol. The van der Waals surface area contributed by atoms with Crippen LogP contribution in [0.5, 0.6) is 0 Å². The van der Waals surface area contributed by atoms with Gasteiger partial charge in [-0.3, -0.25) is 9.89 Å². The first kappa shape index (κ1) is 12.9. The Morgan fingerprint density at radius 1 is 1.56 bits per heavy atom. The number of H-pyrrole nitrogens is 1. The van der Waals surface area contributed by atoms with E-state index in [1.54, 1.807) is 0 Å². The lowest BCUT2D eigenvalue weighted by molar-refractivity contribution is -0.116. The summed E-state index contributed by atoms with van der Waals surface area (Å²) in [6.45, 7) is 2.04. The first-order valence-electron chi connectivity index (χ1n) is 5.54. The number of hydrogen-bond donors (Lipinski definition) is 2. The lowest BCUT2D eigenvalue weighted by Crippen LogP contribution is -2.12. The van der Waals surface area contributed by atoms with Gasteiger partial charge in [0.1, 0.15) is 0 Å². The maximum absolute atomic E-state index is 11.7. The number of carbonyl (C=O) groups excluding carboxylic acids is 1. The fourth-order valence-corrected chi connectivity index (χ4v) is 2.40. The van der Waals surface area contributed by atoms with Gasteiger partial charge in [-0.2, -0.15) is 0 Å². The summed E-state index contributed by atoms with van der Waals surface area (Å²) < 4.78 is 0.559. The number of amides is 1. The van der Waals surface area contributed by atoms with Gasteiger partial charge in [-0.25, -0.2) is 0 Å². The first-order chi connectivity index (χ1) is 8.63. The number of hydrogen-bond acceptors (Lipinski definition) is 4. The molecule has 2 aromatic rings. The molecule has 18 heavy (non-hydrogen) atoms. The second-order valence-electron chi connectivity index (χ2n) is 3.96. The summed E-state index contributed by atoms with van der Waals surface area (Å²) in [5.74, 6) is -0.0470. The van der Waals surface area contributed by atoms with E-state index in [-0.39, 0.29) is 5.91 Å². The van der Waals surface area contributed by atoms with Crippen LogP contribution in [0.1, 0.15) is 17.5 Å². The normalized spacial score (nSPS) is 10.3. The zero-order chi connectivity index (χ0) is 13.0. The second kappa shape index (κ2) is 5.88. The maximum Gasteiger partial charge on any atom is 0.226 e. The molecule has 1 heterocycles. The highest BCUT2D eigenvalue weighted by Crippen LogP contribution is 2.12. The van der Waals surface area contributed by atoms with Crippen molar-refractivity contribution >= 4 is 34.6 Å². The molecule has 0 fully saturated rings. The molecule has 0 unspecified atom stereocenters. The van der Waals surface area contributed by atoms with Crippen molar-refractivity contribution in [3.05, 3.63) is 39.3 Å². The number of nitrogens with one attached hydrogen (secondary N) is 2. The predicted octanol–water partition coefficient (Wildman–Crippen LogP) is 3.08. The molecule has 0 aliphatic heterocycles. The molecule has 0 bridgehead atoms. The van der Waals surface area contributed by atoms with Crippen molar-refractivity contribution in [2.75, 3.05) is 5.32 Å². The summed E-state index contributed by atoms with van der Waals surface area (Å²) in [6, 6.07) is 8.16. The Kier molecular flexibility index (Phi) is 4.22. The Morgan fingerprint density at radius 2 is 2.39 bits per heavy atom. The summed E-state index contributed by atoms with van der Waals surface area (Å²) in [6.07, 6.45) is 1.17. The summed E-state index contributed by atoms with van der Waals surface area (Å²) in [4.78, 5) is 11.7. The second-order valence-corrected chi connectivity index (χ2v) is 5.62. The molecule has 1 aromatic carbocycles. The number of aryl methyl sites for hydroxylation is 2. The molecule has 1 aromatic heterocycles. The van der Waals surface area contributed by atoms with E-state index in [1.165, 1.54) is 22.5 Å². The van der Waals surface area contributed by atoms with Crippen molar-refractivity contribution in [2.24, 2.45) is 0 Å². The molecule has 0 atom stereocenters. The van der Waals surface area contributed by atoms with Gasteiger partial charge in [-0.05, 0) is 31.1 Å². The van der Waals surface area contributed by atoms with Gasteiger partial charge in [0, 0.05) is 6.42 Å². The molecule has 4 nitrogen and oxygen atoms in total. The van der Waals surface area contributed by atoms with Crippen molar-refractivity contribution in [2.45, 2.75) is 19.8 Å². The van der Waals surface area contributed by atoms with Crippen LogP contribution in [0.15, 0.2) is 24.3 Å². The fourth-order valence-electron chi connectivity index (χ4n) is 1.59. The molecule has 0 saturated carbocycles. The summed E-state index contributed by atoms with van der Waals surface area (Å²) in [5, 5.41) is 9.75. The summed E-state index contributed by atoms with van der Waals surface area (Å²) in [7, 11) is 0. The minimum Gasteiger partial charge on any atom is -0.301 e. The summed E-state index contributed by atoms with van der Waals surface area (Å²) >= 11 is 6.15. The molecule has 0 spiro atoms. The Balaban J connectivity index is 1.87. The molecule has 0 saturated heterocycles. The molecule has 0 aliphatic carbocycles. The van der Waals surface area contributed by atoms with Crippen LogP contribution < -0.4 is 5.32 Å². The minimum atomic E-state index is -0.0470. The minimum absolute atomic E-state index is 0.0470. The average molecular weight is 279 g/mol. The standard InChI is InChI=1S/C12H13N3OS2/c1-8-3-2-4-9(7-8)5-6-10(16)13-11-14-15-12(17)18-11/h2-4,7H,5-6H2,1H3,(H,15,17)(H,13,14,16). The number of aromatic amines is 1. The predicted molar refractivity (Wildman–Crippen MR) is 75.4 cm³/mol. The van der Waals surface area contributed by atoms with Gasteiger partial charge in [-0.1, -0.05) is 41.2 Å². The van der Waals surface area contributed by atoms with Crippen LogP contribution in [0.3, 0.4) is 0 Å². The lowest BCUT2D eigenvalue weighted by atomic mass is 10.1. The summed E-state index contributed by atoms with van der Waals surface area (Å²) in [5.41, 5.74) is 2.37. The number of rotatable bonds is 4. The van der Waals surface area contributed by atoms with E-state index in [2.05, 4.69) is 21.6 Å². The van der Waals surface area contributed by atoms with Gasteiger partial charge in [0.15, 0.2) is 3.95 Å². The van der Waals surface area contributed by atoms with Crippen LogP contribution in [-0.4, -0.2) is 16.1 Å². The molecule has 1 amide bonds. The Hall–Kier alpha value is -1.53. The zero-order valence-corrected chi connectivity index (χ0v) is 11.5. The third-order valence-electron chi connectivity index (χ3n) is 2.41. The van der Waals surface area contributed by atoms with Crippen molar-refractivity contribution in [1.82, 2.24) is 10.2 Å². The Morgan fingerprint density at radius 3 is 3.06 bits per heavy atom. The van der Waals surface area contributed by atoms with Crippen molar-refractivity contribution in [3.8, 4) is 0 Å². The van der Waals surface area contributed by atoms with E-state index in [9.17, 15) is 4.79 Å². The van der Waals surface area contributed by atoms with Crippen LogP contribution in [0, 0.1) is 10.9 Å². The van der Waals surface area contributed by atoms with Crippen molar-refractivity contribution in [1.29, 1.82) is 0 Å². The van der Waals surface area contributed by atoms with Crippen LogP contribution >= 0.6 is 23.6 Å². The molecule has 2 rings (SSSR count). The largest absolute Gasteiger partial charge is 0.301 e. The number of benzene rings is 1. The molecule has 2 N–H and O–H groups in total. The van der Waals surface area contributed by atoms with E-state index in [0.29, 0.717) is 15.5 Å². The van der Waals surface area contributed by atoms with E-state index >= 15 is 0 Å². The van der Waals surface area contributed by atoms with Gasteiger partial charge in [0.2, 0.25) is 11.0 Å². The van der Waals surface area contributed by atoms with E-state index < -0.39 is 0 Å². The van der Waals surface area contributed by atoms with Crippen LogP contribution in [0.25, 0.3) is 0 Å². The van der Waals surface area contributed by atoms with Gasteiger partial charge in [0.25, 0.3) is 0 Å². The molecule has 94 valence electrons. The molecule has 0 aliphatic rings. The van der Waals surface area contributed by atoms with E-state index in [4.69, 9.17) is 12.2 Å². The molecule has 6 heteroatoms. The first-order valence-corrected chi connectivity index (χ1v) is 6.77. The number of aromatic nitrogens is 2. The van der Waals surface area contributed by atoms with Gasteiger partial charge < -0.3 is 5.32 Å². The SMILES string of the molecule is Cc1cccc(CCC(=O)Nc2n[nH]c(=S)s2)c1. The number of anilines is 1. The van der Waals surface area contributed by atoms with Crippen LogP contribution in [0.4, 0.5) is 5.13 Å². The third kappa shape index (κ3) is 3.75.